The molecule has 184 valence electrons. The molecular formula is C28H33N3O3S. The Kier molecular flexibility index (Phi) is 7.65. The molecule has 0 saturated carbocycles. The number of unbranched alkanes of at least 4 members (excludes halogenated alkanes) is 2. The molecule has 0 fully saturated rings. The van der Waals surface area contributed by atoms with Crippen LogP contribution < -0.4 is 4.90 Å². The molecule has 0 unspecified atom stereocenters. The number of imidazole rings is 1. The highest BCUT2D eigenvalue weighted by atomic mass is 32.2. The predicted molar refractivity (Wildman–Crippen MR) is 141 cm³/mol. The topological polar surface area (TPSA) is 75.4 Å². The fourth-order valence-electron chi connectivity index (χ4n) is 4.35. The Morgan fingerprint density at radius 2 is 1.83 bits per heavy atom. The summed E-state index contributed by atoms with van der Waals surface area (Å²) in [5.41, 5.74) is 3.55. The van der Waals surface area contributed by atoms with Gasteiger partial charge in [-0.05, 0) is 56.9 Å². The Bertz CT molecular complexity index is 1200. The molecule has 2 aromatic carbocycles. The second-order valence-corrected chi connectivity index (χ2v) is 11.2. The lowest BCUT2D eigenvalue weighted by atomic mass is 10.0. The molecule has 1 aliphatic rings. The van der Waals surface area contributed by atoms with Gasteiger partial charge in [-0.25, -0.2) is 4.98 Å². The number of aromatic nitrogens is 2. The van der Waals surface area contributed by atoms with Crippen molar-refractivity contribution in [3.63, 3.8) is 0 Å². The van der Waals surface area contributed by atoms with E-state index in [0.717, 1.165) is 60.6 Å². The SMILES string of the molecule is CCCCCn1cc(C(=O)N2CCCc3ccccc32)nc1-c1ccc(SC(C)(C)C(=O)O)cc1. The quantitative estimate of drug-likeness (QED) is 0.281. The second kappa shape index (κ2) is 10.7. The van der Waals surface area contributed by atoms with E-state index in [4.69, 9.17) is 4.98 Å². The van der Waals surface area contributed by atoms with Gasteiger partial charge in [0.1, 0.15) is 16.3 Å². The number of amides is 1. The van der Waals surface area contributed by atoms with Crippen LogP contribution in [0.3, 0.4) is 0 Å². The standard InChI is InChI=1S/C28H33N3O3S/c1-4-5-8-17-30-19-23(26(32)31-18-9-11-20-10-6-7-12-24(20)31)29-25(30)21-13-15-22(16-14-21)35-28(2,3)27(33)34/h6-7,10,12-16,19H,4-5,8-9,11,17-18H2,1-3H3,(H,33,34). The zero-order chi connectivity index (χ0) is 25.0. The summed E-state index contributed by atoms with van der Waals surface area (Å²) in [6, 6.07) is 15.9. The zero-order valence-electron chi connectivity index (χ0n) is 20.7. The third-order valence-corrected chi connectivity index (χ3v) is 7.55. The van der Waals surface area contributed by atoms with Gasteiger partial charge in [-0.1, -0.05) is 50.1 Å². The van der Waals surface area contributed by atoms with Crippen LogP contribution in [0.2, 0.25) is 0 Å². The van der Waals surface area contributed by atoms with Gasteiger partial charge in [0, 0.05) is 35.4 Å². The van der Waals surface area contributed by atoms with Crippen molar-refractivity contribution in [1.82, 2.24) is 9.55 Å². The summed E-state index contributed by atoms with van der Waals surface area (Å²) in [7, 11) is 0. The van der Waals surface area contributed by atoms with Crippen LogP contribution in [0.15, 0.2) is 59.6 Å². The number of carbonyl (C=O) groups is 2. The van der Waals surface area contributed by atoms with E-state index < -0.39 is 10.7 Å². The number of anilines is 1. The van der Waals surface area contributed by atoms with Crippen LogP contribution in [0, 0.1) is 0 Å². The number of aryl methyl sites for hydroxylation is 2. The fraction of sp³-hybridized carbons (Fsp3) is 0.393. The van der Waals surface area contributed by atoms with E-state index in [1.807, 2.05) is 53.6 Å². The molecular weight excluding hydrogens is 458 g/mol. The van der Waals surface area contributed by atoms with Crippen molar-refractivity contribution >= 4 is 29.3 Å². The molecule has 0 aliphatic carbocycles. The molecule has 1 N–H and O–H groups in total. The van der Waals surface area contributed by atoms with Crippen molar-refractivity contribution in [2.75, 3.05) is 11.4 Å². The van der Waals surface area contributed by atoms with Gasteiger partial charge in [0.15, 0.2) is 0 Å². The number of carboxylic acid groups (broad SMARTS) is 1. The zero-order valence-corrected chi connectivity index (χ0v) is 21.5. The van der Waals surface area contributed by atoms with Gasteiger partial charge in [0.25, 0.3) is 5.91 Å². The van der Waals surface area contributed by atoms with Crippen molar-refractivity contribution in [3.8, 4) is 11.4 Å². The van der Waals surface area contributed by atoms with E-state index in [1.54, 1.807) is 13.8 Å². The van der Waals surface area contributed by atoms with Gasteiger partial charge in [-0.2, -0.15) is 0 Å². The molecule has 1 aromatic heterocycles. The molecule has 0 spiro atoms. The summed E-state index contributed by atoms with van der Waals surface area (Å²) < 4.78 is 1.17. The summed E-state index contributed by atoms with van der Waals surface area (Å²) in [6.07, 6.45) is 7.06. The number of benzene rings is 2. The molecule has 0 radical (unpaired) electrons. The highest BCUT2D eigenvalue weighted by molar-refractivity contribution is 8.01. The first kappa shape index (κ1) is 25.0. The molecule has 6 nitrogen and oxygen atoms in total. The molecule has 4 rings (SSSR count). The lowest BCUT2D eigenvalue weighted by Gasteiger charge is -2.28. The number of carbonyl (C=O) groups excluding carboxylic acids is 1. The Hall–Kier alpha value is -3.06. The van der Waals surface area contributed by atoms with Crippen molar-refractivity contribution in [1.29, 1.82) is 0 Å². The Labute approximate surface area is 211 Å². The first-order chi connectivity index (χ1) is 16.8. The maximum Gasteiger partial charge on any atom is 0.319 e. The molecule has 2 heterocycles. The Morgan fingerprint density at radius 1 is 1.09 bits per heavy atom. The van der Waals surface area contributed by atoms with E-state index in [2.05, 4.69) is 17.6 Å². The second-order valence-electron chi connectivity index (χ2n) is 9.48. The average molecular weight is 492 g/mol. The maximum absolute atomic E-state index is 13.6. The van der Waals surface area contributed by atoms with E-state index in [9.17, 15) is 14.7 Å². The number of aliphatic carboxylic acids is 1. The fourth-order valence-corrected chi connectivity index (χ4v) is 5.29. The summed E-state index contributed by atoms with van der Waals surface area (Å²) in [5.74, 6) is -0.146. The third-order valence-electron chi connectivity index (χ3n) is 6.35. The normalized spacial score (nSPS) is 13.5. The summed E-state index contributed by atoms with van der Waals surface area (Å²) in [4.78, 5) is 32.6. The van der Waals surface area contributed by atoms with Crippen molar-refractivity contribution in [3.05, 3.63) is 66.0 Å². The van der Waals surface area contributed by atoms with Crippen LogP contribution in [0.5, 0.6) is 0 Å². The van der Waals surface area contributed by atoms with Gasteiger partial charge in [0.05, 0.1) is 0 Å². The van der Waals surface area contributed by atoms with Crippen LogP contribution in [-0.2, 0) is 17.8 Å². The molecule has 0 bridgehead atoms. The maximum atomic E-state index is 13.6. The molecule has 35 heavy (non-hydrogen) atoms. The smallest absolute Gasteiger partial charge is 0.319 e. The lowest BCUT2D eigenvalue weighted by molar-refractivity contribution is -0.138. The first-order valence-corrected chi connectivity index (χ1v) is 13.1. The summed E-state index contributed by atoms with van der Waals surface area (Å²) in [5, 5.41) is 9.43. The van der Waals surface area contributed by atoms with E-state index >= 15 is 0 Å². The van der Waals surface area contributed by atoms with E-state index in [0.29, 0.717) is 12.2 Å². The van der Waals surface area contributed by atoms with Crippen LogP contribution >= 0.6 is 11.8 Å². The van der Waals surface area contributed by atoms with Crippen molar-refractivity contribution in [2.45, 2.75) is 69.1 Å². The van der Waals surface area contributed by atoms with Crippen LogP contribution in [0.25, 0.3) is 11.4 Å². The average Bonchev–Trinajstić information content (AvgIpc) is 3.27. The number of nitrogens with zero attached hydrogens (tertiary/aromatic N) is 3. The number of hydrogen-bond acceptors (Lipinski definition) is 4. The lowest BCUT2D eigenvalue weighted by Crippen LogP contribution is -2.35. The van der Waals surface area contributed by atoms with E-state index in [-0.39, 0.29) is 5.91 Å². The van der Waals surface area contributed by atoms with Crippen LogP contribution in [0.4, 0.5) is 5.69 Å². The molecule has 7 heteroatoms. The molecule has 3 aromatic rings. The van der Waals surface area contributed by atoms with Gasteiger partial charge in [0.2, 0.25) is 0 Å². The van der Waals surface area contributed by atoms with Gasteiger partial charge in [-0.3, -0.25) is 9.59 Å². The largest absolute Gasteiger partial charge is 0.480 e. The number of para-hydroxylation sites is 1. The van der Waals surface area contributed by atoms with E-state index in [1.165, 1.54) is 17.3 Å². The number of rotatable bonds is 9. The monoisotopic (exact) mass is 491 g/mol. The van der Waals surface area contributed by atoms with Crippen LogP contribution in [-0.4, -0.2) is 37.8 Å². The van der Waals surface area contributed by atoms with Crippen molar-refractivity contribution in [2.24, 2.45) is 0 Å². The van der Waals surface area contributed by atoms with Crippen LogP contribution in [0.1, 0.15) is 62.5 Å². The molecule has 1 aliphatic heterocycles. The van der Waals surface area contributed by atoms with Gasteiger partial charge in [-0.15, -0.1) is 11.8 Å². The minimum Gasteiger partial charge on any atom is -0.480 e. The molecule has 0 saturated heterocycles. The number of thioether (sulfide) groups is 1. The Morgan fingerprint density at radius 3 is 2.54 bits per heavy atom. The first-order valence-electron chi connectivity index (χ1n) is 12.3. The van der Waals surface area contributed by atoms with Gasteiger partial charge >= 0.3 is 5.97 Å². The number of fused-ring (bicyclic) bond motifs is 1. The number of hydrogen-bond donors (Lipinski definition) is 1. The minimum absolute atomic E-state index is 0.0666. The summed E-state index contributed by atoms with van der Waals surface area (Å²) >= 11 is 1.31. The Balaban J connectivity index is 1.63. The molecule has 0 atom stereocenters. The highest BCUT2D eigenvalue weighted by Gasteiger charge is 2.29. The third kappa shape index (κ3) is 5.61. The predicted octanol–water partition coefficient (Wildman–Crippen LogP) is 6.29. The highest BCUT2D eigenvalue weighted by Crippen LogP contribution is 2.34. The van der Waals surface area contributed by atoms with Crippen molar-refractivity contribution < 1.29 is 14.7 Å². The minimum atomic E-state index is -0.912. The van der Waals surface area contributed by atoms with Gasteiger partial charge < -0.3 is 14.6 Å². The molecule has 1 amide bonds. The number of carboxylic acids is 1. The summed E-state index contributed by atoms with van der Waals surface area (Å²) in [6.45, 7) is 7.06.